The SMILES string of the molecule is CC1(C(=O)NC2C(N)CCCC2(F)F)N=C(c2cnn3cc(F)ccc23)C(Cl)CS1. The standard InChI is InChI=1S/C19H21ClF3N5OS/c1-18(17(29)26-16-13(24)3-2-6-19(16,22)23)27-15(12(20)9-30-18)11-7-25-28-8-10(21)4-5-14(11)28/h4-5,7-8,12-13,16H,2-3,6,9,24H2,1H3,(H,26,29). The molecule has 1 aliphatic heterocycles. The van der Waals surface area contributed by atoms with Crippen molar-refractivity contribution in [2.45, 2.75) is 54.4 Å². The van der Waals surface area contributed by atoms with Gasteiger partial charge in [0, 0.05) is 23.8 Å². The number of pyridine rings is 1. The van der Waals surface area contributed by atoms with Gasteiger partial charge in [-0.3, -0.25) is 9.79 Å². The van der Waals surface area contributed by atoms with Gasteiger partial charge < -0.3 is 11.1 Å². The van der Waals surface area contributed by atoms with Gasteiger partial charge in [0.1, 0.15) is 11.9 Å². The monoisotopic (exact) mass is 459 g/mol. The molecule has 4 atom stereocenters. The van der Waals surface area contributed by atoms with E-state index in [0.717, 1.165) is 0 Å². The predicted octanol–water partition coefficient (Wildman–Crippen LogP) is 2.96. The van der Waals surface area contributed by atoms with Gasteiger partial charge in [0.25, 0.3) is 11.8 Å². The number of rotatable bonds is 3. The fourth-order valence-electron chi connectivity index (χ4n) is 3.84. The molecule has 4 unspecified atom stereocenters. The lowest BCUT2D eigenvalue weighted by atomic mass is 9.87. The van der Waals surface area contributed by atoms with Crippen molar-refractivity contribution in [1.82, 2.24) is 14.9 Å². The van der Waals surface area contributed by atoms with E-state index in [0.29, 0.717) is 35.4 Å². The van der Waals surface area contributed by atoms with Crippen molar-refractivity contribution in [3.8, 4) is 0 Å². The highest BCUT2D eigenvalue weighted by atomic mass is 35.5. The Labute approximate surface area is 180 Å². The minimum Gasteiger partial charge on any atom is -0.343 e. The van der Waals surface area contributed by atoms with Crippen molar-refractivity contribution in [3.63, 3.8) is 0 Å². The lowest BCUT2D eigenvalue weighted by molar-refractivity contribution is -0.130. The van der Waals surface area contributed by atoms with E-state index in [1.165, 1.54) is 34.7 Å². The number of nitrogens with two attached hydrogens (primary N) is 1. The number of aromatic nitrogens is 2. The van der Waals surface area contributed by atoms with E-state index < -0.39 is 40.0 Å². The molecule has 1 fully saturated rings. The van der Waals surface area contributed by atoms with E-state index in [-0.39, 0.29) is 6.42 Å². The Balaban J connectivity index is 1.66. The molecule has 1 amide bonds. The molecule has 1 aliphatic carbocycles. The first kappa shape index (κ1) is 21.5. The van der Waals surface area contributed by atoms with Crippen LogP contribution in [0.15, 0.2) is 29.5 Å². The lowest BCUT2D eigenvalue weighted by Crippen LogP contribution is -2.62. The van der Waals surface area contributed by atoms with Crippen LogP contribution in [0.3, 0.4) is 0 Å². The van der Waals surface area contributed by atoms with Crippen LogP contribution in [-0.2, 0) is 4.79 Å². The van der Waals surface area contributed by atoms with Crippen molar-refractivity contribution in [2.24, 2.45) is 10.7 Å². The topological polar surface area (TPSA) is 84.8 Å². The van der Waals surface area contributed by atoms with Crippen molar-refractivity contribution < 1.29 is 18.0 Å². The van der Waals surface area contributed by atoms with Crippen LogP contribution in [0.5, 0.6) is 0 Å². The van der Waals surface area contributed by atoms with Crippen LogP contribution in [0, 0.1) is 5.82 Å². The number of alkyl halides is 3. The quantitative estimate of drug-likeness (QED) is 0.691. The Morgan fingerprint density at radius 2 is 2.20 bits per heavy atom. The van der Waals surface area contributed by atoms with Crippen LogP contribution in [-0.4, -0.2) is 55.2 Å². The Bertz CT molecular complexity index is 1020. The van der Waals surface area contributed by atoms with Crippen LogP contribution >= 0.6 is 23.4 Å². The predicted molar refractivity (Wildman–Crippen MR) is 111 cm³/mol. The minimum absolute atomic E-state index is 0.313. The molecule has 3 heterocycles. The molecule has 4 rings (SSSR count). The van der Waals surface area contributed by atoms with E-state index in [1.807, 2.05) is 0 Å². The Hall–Kier alpha value is -1.78. The zero-order valence-corrected chi connectivity index (χ0v) is 17.7. The summed E-state index contributed by atoms with van der Waals surface area (Å²) in [6.07, 6.45) is 3.15. The van der Waals surface area contributed by atoms with E-state index in [2.05, 4.69) is 15.4 Å². The van der Waals surface area contributed by atoms with Crippen LogP contribution in [0.25, 0.3) is 5.52 Å². The van der Waals surface area contributed by atoms with Gasteiger partial charge in [0.05, 0.1) is 29.0 Å². The van der Waals surface area contributed by atoms with E-state index in [1.54, 1.807) is 13.0 Å². The highest BCUT2D eigenvalue weighted by molar-refractivity contribution is 8.01. The molecule has 0 radical (unpaired) electrons. The molecule has 30 heavy (non-hydrogen) atoms. The maximum Gasteiger partial charge on any atom is 0.269 e. The molecule has 3 N–H and O–H groups in total. The number of nitrogens with zero attached hydrogens (tertiary/aromatic N) is 3. The third kappa shape index (κ3) is 3.80. The van der Waals surface area contributed by atoms with E-state index in [9.17, 15) is 18.0 Å². The number of carbonyl (C=O) groups excluding carboxylic acids is 1. The summed E-state index contributed by atoms with van der Waals surface area (Å²) in [5.41, 5.74) is 7.43. The van der Waals surface area contributed by atoms with Crippen molar-refractivity contribution in [1.29, 1.82) is 0 Å². The zero-order valence-electron chi connectivity index (χ0n) is 16.1. The Morgan fingerprint density at radius 1 is 1.43 bits per heavy atom. The Morgan fingerprint density at radius 3 is 2.93 bits per heavy atom. The molecule has 0 aromatic carbocycles. The van der Waals surface area contributed by atoms with Gasteiger partial charge >= 0.3 is 0 Å². The van der Waals surface area contributed by atoms with Crippen LogP contribution in [0.2, 0.25) is 0 Å². The molecular weight excluding hydrogens is 439 g/mol. The molecular formula is C19H21ClF3N5OS. The number of fused-ring (bicyclic) bond motifs is 1. The molecule has 2 aliphatic rings. The molecule has 0 spiro atoms. The summed E-state index contributed by atoms with van der Waals surface area (Å²) in [6, 6.07) is 0.572. The summed E-state index contributed by atoms with van der Waals surface area (Å²) in [4.78, 5) is 16.2. The zero-order chi connectivity index (χ0) is 21.7. The second-order valence-electron chi connectivity index (χ2n) is 7.76. The fourth-order valence-corrected chi connectivity index (χ4v) is 5.18. The highest BCUT2D eigenvalue weighted by Gasteiger charge is 2.49. The first-order chi connectivity index (χ1) is 14.1. The third-order valence-electron chi connectivity index (χ3n) is 5.54. The first-order valence-corrected chi connectivity index (χ1v) is 11.0. The second kappa shape index (κ2) is 7.72. The lowest BCUT2D eigenvalue weighted by Gasteiger charge is -2.39. The van der Waals surface area contributed by atoms with Crippen LogP contribution in [0.1, 0.15) is 31.7 Å². The van der Waals surface area contributed by atoms with Crippen LogP contribution < -0.4 is 11.1 Å². The smallest absolute Gasteiger partial charge is 0.269 e. The summed E-state index contributed by atoms with van der Waals surface area (Å²) in [5.74, 6) is -3.82. The minimum atomic E-state index is -3.07. The van der Waals surface area contributed by atoms with Crippen molar-refractivity contribution in [2.75, 3.05) is 5.75 Å². The Kier molecular flexibility index (Phi) is 5.52. The first-order valence-electron chi connectivity index (χ1n) is 9.56. The van der Waals surface area contributed by atoms with Gasteiger partial charge in [-0.15, -0.1) is 23.4 Å². The van der Waals surface area contributed by atoms with Gasteiger partial charge in [-0.25, -0.2) is 17.7 Å². The van der Waals surface area contributed by atoms with Gasteiger partial charge in [0.2, 0.25) is 0 Å². The number of nitrogens with one attached hydrogen (secondary N) is 1. The van der Waals surface area contributed by atoms with E-state index in [4.69, 9.17) is 17.3 Å². The summed E-state index contributed by atoms with van der Waals surface area (Å²) >= 11 is 7.64. The summed E-state index contributed by atoms with van der Waals surface area (Å²) in [7, 11) is 0. The largest absolute Gasteiger partial charge is 0.343 e. The molecule has 0 bridgehead atoms. The van der Waals surface area contributed by atoms with E-state index >= 15 is 0 Å². The number of carbonyl (C=O) groups is 1. The van der Waals surface area contributed by atoms with Crippen molar-refractivity contribution >= 4 is 40.5 Å². The van der Waals surface area contributed by atoms with Crippen molar-refractivity contribution in [3.05, 3.63) is 35.9 Å². The summed E-state index contributed by atoms with van der Waals surface area (Å²) in [6.45, 7) is 1.56. The number of halogens is 4. The third-order valence-corrected chi connectivity index (χ3v) is 7.42. The average Bonchev–Trinajstić information content (AvgIpc) is 3.09. The molecule has 1 saturated carbocycles. The number of amides is 1. The molecule has 2 aromatic heterocycles. The highest BCUT2D eigenvalue weighted by Crippen LogP contribution is 2.38. The molecule has 0 saturated heterocycles. The average molecular weight is 460 g/mol. The summed E-state index contributed by atoms with van der Waals surface area (Å²) < 4.78 is 43.5. The molecule has 6 nitrogen and oxygen atoms in total. The second-order valence-corrected chi connectivity index (χ2v) is 9.71. The fraction of sp³-hybridized carbons (Fsp3) is 0.526. The molecule has 11 heteroatoms. The number of hydrogen-bond donors (Lipinski definition) is 2. The molecule has 162 valence electrons. The number of aliphatic imine (C=N–C) groups is 1. The maximum atomic E-state index is 14.3. The molecule has 2 aromatic rings. The van der Waals surface area contributed by atoms with Crippen LogP contribution in [0.4, 0.5) is 13.2 Å². The van der Waals surface area contributed by atoms with Gasteiger partial charge in [0.15, 0.2) is 4.87 Å². The normalized spacial score (nSPS) is 31.4. The maximum absolute atomic E-state index is 14.3. The van der Waals surface area contributed by atoms with Gasteiger partial charge in [-0.05, 0) is 31.9 Å². The van der Waals surface area contributed by atoms with Gasteiger partial charge in [-0.1, -0.05) is 0 Å². The van der Waals surface area contributed by atoms with Gasteiger partial charge in [-0.2, -0.15) is 5.10 Å². The number of hydrogen-bond acceptors (Lipinski definition) is 5. The number of thioether (sulfide) groups is 1. The summed E-state index contributed by atoms with van der Waals surface area (Å²) in [5, 5.41) is 6.04.